The summed E-state index contributed by atoms with van der Waals surface area (Å²) >= 11 is 0. The lowest BCUT2D eigenvalue weighted by molar-refractivity contribution is 0.101. The molecule has 0 saturated carbocycles. The number of rotatable bonds is 9. The third-order valence-electron chi connectivity index (χ3n) is 5.12. The van der Waals surface area contributed by atoms with Gasteiger partial charge < -0.3 is 4.74 Å². The molecule has 0 aromatic heterocycles. The highest BCUT2D eigenvalue weighted by molar-refractivity contribution is 7.89. The molecule has 7 nitrogen and oxygen atoms in total. The molecular formula is C22H25N3O4S. The second-order valence-corrected chi connectivity index (χ2v) is 8.95. The van der Waals surface area contributed by atoms with Crippen LogP contribution < -0.4 is 9.57 Å². The summed E-state index contributed by atoms with van der Waals surface area (Å²) in [6.07, 6.45) is 3.44. The molecule has 1 atom stereocenters. The Morgan fingerprint density at radius 1 is 1.20 bits per heavy atom. The van der Waals surface area contributed by atoms with E-state index in [0.29, 0.717) is 30.0 Å². The Morgan fingerprint density at radius 2 is 1.90 bits per heavy atom. The van der Waals surface area contributed by atoms with Crippen LogP contribution in [-0.2, 0) is 10.0 Å². The number of nitrogens with one attached hydrogen (secondary N) is 1. The van der Waals surface area contributed by atoms with E-state index in [1.54, 1.807) is 29.3 Å². The summed E-state index contributed by atoms with van der Waals surface area (Å²) in [5.41, 5.74) is 1.07. The normalized spacial score (nSPS) is 16.9. The van der Waals surface area contributed by atoms with Crippen LogP contribution in [0.15, 0.2) is 53.4 Å². The van der Waals surface area contributed by atoms with Gasteiger partial charge in [0.05, 0.1) is 23.1 Å². The van der Waals surface area contributed by atoms with Gasteiger partial charge >= 0.3 is 0 Å². The van der Waals surface area contributed by atoms with Gasteiger partial charge in [-0.3, -0.25) is 4.79 Å². The van der Waals surface area contributed by atoms with Crippen LogP contribution in [0.2, 0.25) is 0 Å². The van der Waals surface area contributed by atoms with Crippen LogP contribution in [0.5, 0.6) is 5.75 Å². The maximum atomic E-state index is 12.6. The van der Waals surface area contributed by atoms with E-state index >= 15 is 0 Å². The molecule has 1 fully saturated rings. The van der Waals surface area contributed by atoms with Gasteiger partial charge in [0.25, 0.3) is 10.0 Å². The first-order valence-electron chi connectivity index (χ1n) is 9.92. The Bertz CT molecular complexity index is 1010. The highest BCUT2D eigenvalue weighted by atomic mass is 32.2. The smallest absolute Gasteiger partial charge is 0.253 e. The van der Waals surface area contributed by atoms with Crippen LogP contribution in [0.3, 0.4) is 0 Å². The predicted molar refractivity (Wildman–Crippen MR) is 112 cm³/mol. The molecular weight excluding hydrogens is 402 g/mol. The SMILES string of the molecule is CC(=O)c1ccc(OCCCC2CCCN2NS(=O)(=O)c2ccc(C#N)cc2)cc1. The first-order chi connectivity index (χ1) is 14.4. The maximum absolute atomic E-state index is 12.6. The lowest BCUT2D eigenvalue weighted by atomic mass is 10.1. The van der Waals surface area contributed by atoms with Crippen molar-refractivity contribution in [3.05, 3.63) is 59.7 Å². The van der Waals surface area contributed by atoms with Gasteiger partial charge in [0, 0.05) is 18.2 Å². The Morgan fingerprint density at radius 3 is 2.53 bits per heavy atom. The fraction of sp³-hybridized carbons (Fsp3) is 0.364. The molecule has 0 bridgehead atoms. The quantitative estimate of drug-likeness (QED) is 0.487. The number of carbonyl (C=O) groups excluding carboxylic acids is 1. The van der Waals surface area contributed by atoms with Gasteiger partial charge in [-0.2, -0.15) is 5.26 Å². The second-order valence-electron chi connectivity index (χ2n) is 7.29. The second kappa shape index (κ2) is 9.85. The summed E-state index contributed by atoms with van der Waals surface area (Å²) in [7, 11) is -3.68. The summed E-state index contributed by atoms with van der Waals surface area (Å²) < 4.78 is 31.0. The predicted octanol–water partition coefficient (Wildman–Crippen LogP) is 3.28. The molecule has 8 heteroatoms. The van der Waals surface area contributed by atoms with Crippen LogP contribution in [0, 0.1) is 11.3 Å². The molecule has 0 spiro atoms. The standard InChI is InChI=1S/C22H25N3O4S/c1-17(26)19-8-10-21(11-9-19)29-15-3-5-20-4-2-14-25(20)24-30(27,28)22-12-6-18(16-23)7-13-22/h6-13,20,24H,2-5,14-15H2,1H3. The first kappa shape index (κ1) is 22.0. The molecule has 0 radical (unpaired) electrons. The molecule has 1 aliphatic rings. The summed E-state index contributed by atoms with van der Waals surface area (Å²) in [5, 5.41) is 10.6. The van der Waals surface area contributed by atoms with E-state index < -0.39 is 10.0 Å². The van der Waals surface area contributed by atoms with E-state index in [0.717, 1.165) is 25.7 Å². The molecule has 1 saturated heterocycles. The molecule has 1 unspecified atom stereocenters. The lowest BCUT2D eigenvalue weighted by Crippen LogP contribution is -2.45. The minimum Gasteiger partial charge on any atom is -0.494 e. The van der Waals surface area contributed by atoms with E-state index in [1.807, 2.05) is 6.07 Å². The van der Waals surface area contributed by atoms with E-state index in [2.05, 4.69) is 4.83 Å². The summed E-state index contributed by atoms with van der Waals surface area (Å²) in [6, 6.07) is 15.0. The Balaban J connectivity index is 1.49. The zero-order chi connectivity index (χ0) is 21.6. The summed E-state index contributed by atoms with van der Waals surface area (Å²) in [6.45, 7) is 2.71. The van der Waals surface area contributed by atoms with Gasteiger partial charge in [-0.1, -0.05) is 0 Å². The molecule has 1 N–H and O–H groups in total. The van der Waals surface area contributed by atoms with Crippen molar-refractivity contribution in [1.82, 2.24) is 9.84 Å². The monoisotopic (exact) mass is 427 g/mol. The van der Waals surface area contributed by atoms with Crippen molar-refractivity contribution in [1.29, 1.82) is 5.26 Å². The Kier molecular flexibility index (Phi) is 7.21. The van der Waals surface area contributed by atoms with Crippen molar-refractivity contribution in [2.45, 2.75) is 43.5 Å². The highest BCUT2D eigenvalue weighted by Crippen LogP contribution is 2.22. The van der Waals surface area contributed by atoms with E-state index in [1.165, 1.54) is 31.2 Å². The van der Waals surface area contributed by atoms with Crippen LogP contribution in [0.1, 0.15) is 48.5 Å². The van der Waals surface area contributed by atoms with E-state index in [9.17, 15) is 13.2 Å². The van der Waals surface area contributed by atoms with Gasteiger partial charge in [0.15, 0.2) is 5.78 Å². The molecule has 158 valence electrons. The highest BCUT2D eigenvalue weighted by Gasteiger charge is 2.28. The first-order valence-corrected chi connectivity index (χ1v) is 11.4. The number of benzene rings is 2. The van der Waals surface area contributed by atoms with Crippen molar-refractivity contribution in [2.24, 2.45) is 0 Å². The molecule has 1 heterocycles. The minimum atomic E-state index is -3.68. The molecule has 30 heavy (non-hydrogen) atoms. The van der Waals surface area contributed by atoms with Crippen LogP contribution >= 0.6 is 0 Å². The van der Waals surface area contributed by atoms with Crippen molar-refractivity contribution >= 4 is 15.8 Å². The number of hydrogen-bond donors (Lipinski definition) is 1. The fourth-order valence-corrected chi connectivity index (χ4v) is 4.62. The number of hydrazine groups is 1. The number of nitriles is 1. The number of hydrogen-bond acceptors (Lipinski definition) is 6. The van der Waals surface area contributed by atoms with Crippen LogP contribution in [0.25, 0.3) is 0 Å². The van der Waals surface area contributed by atoms with Gasteiger partial charge in [0.1, 0.15) is 5.75 Å². The Labute approximate surface area is 177 Å². The van der Waals surface area contributed by atoms with Crippen molar-refractivity contribution in [3.63, 3.8) is 0 Å². The number of sulfonamides is 1. The average molecular weight is 428 g/mol. The molecule has 0 amide bonds. The molecule has 3 rings (SSSR count). The van der Waals surface area contributed by atoms with Crippen molar-refractivity contribution in [3.8, 4) is 11.8 Å². The third kappa shape index (κ3) is 5.66. The maximum Gasteiger partial charge on any atom is 0.253 e. The van der Waals surface area contributed by atoms with E-state index in [-0.39, 0.29) is 16.7 Å². The largest absolute Gasteiger partial charge is 0.494 e. The van der Waals surface area contributed by atoms with E-state index in [4.69, 9.17) is 10.00 Å². The van der Waals surface area contributed by atoms with Crippen molar-refractivity contribution in [2.75, 3.05) is 13.2 Å². The summed E-state index contributed by atoms with van der Waals surface area (Å²) in [4.78, 5) is 14.1. The van der Waals surface area contributed by atoms with Crippen molar-refractivity contribution < 1.29 is 17.9 Å². The minimum absolute atomic E-state index is 0.0198. The number of nitrogens with zero attached hydrogens (tertiary/aromatic N) is 2. The van der Waals surface area contributed by atoms with Crippen LogP contribution in [-0.4, -0.2) is 38.4 Å². The molecule has 2 aromatic rings. The zero-order valence-corrected chi connectivity index (χ0v) is 17.7. The topological polar surface area (TPSA) is 99.5 Å². The Hall–Kier alpha value is -2.73. The molecule has 1 aliphatic heterocycles. The van der Waals surface area contributed by atoms with Gasteiger partial charge in [0.2, 0.25) is 0 Å². The number of carbonyl (C=O) groups is 1. The zero-order valence-electron chi connectivity index (χ0n) is 16.9. The lowest BCUT2D eigenvalue weighted by Gasteiger charge is -2.25. The third-order valence-corrected chi connectivity index (χ3v) is 6.49. The fourth-order valence-electron chi connectivity index (χ4n) is 3.47. The summed E-state index contributed by atoms with van der Waals surface area (Å²) in [5.74, 6) is 0.733. The molecule has 0 aliphatic carbocycles. The van der Waals surface area contributed by atoms with Crippen LogP contribution in [0.4, 0.5) is 0 Å². The average Bonchev–Trinajstić information content (AvgIpc) is 3.17. The van der Waals surface area contributed by atoms with Gasteiger partial charge in [-0.15, -0.1) is 4.83 Å². The number of ketones is 1. The molecule has 2 aromatic carbocycles. The van der Waals surface area contributed by atoms with Gasteiger partial charge in [-0.25, -0.2) is 13.4 Å². The number of Topliss-reactive ketones (excluding diaryl/α,β-unsaturated/α-hetero) is 1. The number of ether oxygens (including phenoxy) is 1. The van der Waals surface area contributed by atoms with Gasteiger partial charge in [-0.05, 0) is 81.1 Å².